The molecule has 0 unspecified atom stereocenters. The summed E-state index contributed by atoms with van der Waals surface area (Å²) in [6, 6.07) is 4.11. The third kappa shape index (κ3) is 1.07. The molecule has 13 heavy (non-hydrogen) atoms. The molecular weight excluding hydrogens is 162 g/mol. The van der Waals surface area contributed by atoms with E-state index in [-0.39, 0.29) is 0 Å². The second kappa shape index (κ2) is 2.60. The molecule has 0 aliphatic carbocycles. The van der Waals surface area contributed by atoms with Gasteiger partial charge in [-0.1, -0.05) is 0 Å². The number of hydrogen-bond donors (Lipinski definition) is 0. The van der Waals surface area contributed by atoms with Crippen LogP contribution in [0, 0.1) is 25.2 Å². The van der Waals surface area contributed by atoms with Crippen molar-refractivity contribution >= 4 is 5.65 Å². The molecule has 0 fully saturated rings. The maximum Gasteiger partial charge on any atom is 0.137 e. The highest BCUT2D eigenvalue weighted by atomic mass is 15.0. The van der Waals surface area contributed by atoms with Crippen LogP contribution in [-0.4, -0.2) is 9.38 Å². The van der Waals surface area contributed by atoms with Crippen LogP contribution in [0.15, 0.2) is 18.5 Å². The lowest BCUT2D eigenvalue weighted by Crippen LogP contribution is -1.95. The van der Waals surface area contributed by atoms with Crippen molar-refractivity contribution in [2.45, 2.75) is 13.8 Å². The molecule has 0 N–H and O–H groups in total. The molecule has 2 aromatic rings. The topological polar surface area (TPSA) is 41.1 Å². The molecule has 2 aromatic heterocycles. The summed E-state index contributed by atoms with van der Waals surface area (Å²) in [7, 11) is 0. The molecule has 0 atom stereocenters. The van der Waals surface area contributed by atoms with Gasteiger partial charge in [0.05, 0.1) is 5.56 Å². The fourth-order valence-corrected chi connectivity index (χ4v) is 1.41. The summed E-state index contributed by atoms with van der Waals surface area (Å²) in [5, 5.41) is 8.78. The quantitative estimate of drug-likeness (QED) is 0.606. The van der Waals surface area contributed by atoms with Crippen LogP contribution in [0.1, 0.15) is 16.8 Å². The van der Waals surface area contributed by atoms with Gasteiger partial charge in [-0.2, -0.15) is 5.26 Å². The van der Waals surface area contributed by atoms with Gasteiger partial charge in [0, 0.05) is 18.1 Å². The third-order valence-electron chi connectivity index (χ3n) is 2.13. The molecule has 0 amide bonds. The third-order valence-corrected chi connectivity index (χ3v) is 2.13. The van der Waals surface area contributed by atoms with Crippen molar-refractivity contribution in [1.29, 1.82) is 5.26 Å². The van der Waals surface area contributed by atoms with E-state index in [0.717, 1.165) is 16.9 Å². The molecule has 0 saturated heterocycles. The van der Waals surface area contributed by atoms with Crippen LogP contribution in [0.4, 0.5) is 0 Å². The zero-order valence-electron chi connectivity index (χ0n) is 7.57. The first-order valence-corrected chi connectivity index (χ1v) is 4.07. The summed E-state index contributed by atoms with van der Waals surface area (Å²) >= 11 is 0. The fourth-order valence-electron chi connectivity index (χ4n) is 1.41. The van der Waals surface area contributed by atoms with Crippen molar-refractivity contribution in [2.75, 3.05) is 0 Å². The Morgan fingerprint density at radius 2 is 2.23 bits per heavy atom. The van der Waals surface area contributed by atoms with E-state index in [0.29, 0.717) is 5.56 Å². The highest BCUT2D eigenvalue weighted by Crippen LogP contribution is 2.12. The lowest BCUT2D eigenvalue weighted by molar-refractivity contribution is 1.04. The van der Waals surface area contributed by atoms with Crippen molar-refractivity contribution in [3.05, 3.63) is 35.3 Å². The van der Waals surface area contributed by atoms with Crippen LogP contribution in [0.2, 0.25) is 0 Å². The van der Waals surface area contributed by atoms with E-state index < -0.39 is 0 Å². The zero-order valence-corrected chi connectivity index (χ0v) is 7.57. The summed E-state index contributed by atoms with van der Waals surface area (Å²) in [4.78, 5) is 4.17. The van der Waals surface area contributed by atoms with Crippen LogP contribution in [-0.2, 0) is 0 Å². The second-order valence-corrected chi connectivity index (χ2v) is 3.11. The van der Waals surface area contributed by atoms with Gasteiger partial charge in [-0.05, 0) is 25.5 Å². The molecule has 3 nitrogen and oxygen atoms in total. The molecule has 0 aliphatic rings. The Bertz CT molecular complexity index is 503. The van der Waals surface area contributed by atoms with E-state index in [9.17, 15) is 0 Å². The minimum atomic E-state index is 0.628. The Balaban J connectivity index is 2.87. The van der Waals surface area contributed by atoms with Gasteiger partial charge in [-0.25, -0.2) is 4.98 Å². The highest BCUT2D eigenvalue weighted by Gasteiger charge is 2.03. The van der Waals surface area contributed by atoms with Crippen molar-refractivity contribution in [1.82, 2.24) is 9.38 Å². The maximum absolute atomic E-state index is 8.78. The number of aryl methyl sites for hydroxylation is 2. The average molecular weight is 171 g/mol. The van der Waals surface area contributed by atoms with E-state index >= 15 is 0 Å². The molecule has 0 bridgehead atoms. The van der Waals surface area contributed by atoms with Gasteiger partial charge in [0.1, 0.15) is 11.7 Å². The normalized spacial score (nSPS) is 10.2. The molecule has 0 radical (unpaired) electrons. The van der Waals surface area contributed by atoms with E-state index in [1.807, 2.05) is 30.5 Å². The lowest BCUT2D eigenvalue weighted by Gasteiger charge is -2.00. The minimum Gasteiger partial charge on any atom is -0.304 e. The lowest BCUT2D eigenvalue weighted by atomic mass is 10.3. The number of aromatic nitrogens is 2. The summed E-state index contributed by atoms with van der Waals surface area (Å²) in [5.41, 5.74) is 3.63. The molecule has 0 aliphatic heterocycles. The number of nitriles is 1. The second-order valence-electron chi connectivity index (χ2n) is 3.11. The monoisotopic (exact) mass is 171 g/mol. The Hall–Kier alpha value is -1.82. The molecule has 0 spiro atoms. The van der Waals surface area contributed by atoms with Crippen LogP contribution in [0.3, 0.4) is 0 Å². The molecule has 64 valence electrons. The van der Waals surface area contributed by atoms with Gasteiger partial charge in [0.15, 0.2) is 0 Å². The van der Waals surface area contributed by atoms with Crippen LogP contribution < -0.4 is 0 Å². The molecular formula is C10H9N3. The first kappa shape index (κ1) is 7.81. The summed E-state index contributed by atoms with van der Waals surface area (Å²) in [6.45, 7) is 3.94. The standard InChI is InChI=1S/C10H9N3/c1-7-3-10-12-5-9(4-11)8(2)13(10)6-7/h3,5-6H,1-2H3. The van der Waals surface area contributed by atoms with Crippen molar-refractivity contribution in [2.24, 2.45) is 0 Å². The smallest absolute Gasteiger partial charge is 0.137 e. The van der Waals surface area contributed by atoms with E-state index in [1.54, 1.807) is 6.20 Å². The first-order chi connectivity index (χ1) is 6.22. The van der Waals surface area contributed by atoms with Crippen LogP contribution in [0.5, 0.6) is 0 Å². The van der Waals surface area contributed by atoms with E-state index in [1.165, 1.54) is 0 Å². The van der Waals surface area contributed by atoms with Crippen LogP contribution in [0.25, 0.3) is 5.65 Å². The predicted octanol–water partition coefficient (Wildman–Crippen LogP) is 1.82. The predicted molar refractivity (Wildman–Crippen MR) is 49.4 cm³/mol. The highest BCUT2D eigenvalue weighted by molar-refractivity contribution is 5.47. The number of fused-ring (bicyclic) bond motifs is 1. The molecule has 2 rings (SSSR count). The van der Waals surface area contributed by atoms with Gasteiger partial charge in [0.2, 0.25) is 0 Å². The largest absolute Gasteiger partial charge is 0.304 e. The number of rotatable bonds is 0. The number of hydrogen-bond acceptors (Lipinski definition) is 2. The summed E-state index contributed by atoms with van der Waals surface area (Å²) in [5.74, 6) is 0. The first-order valence-electron chi connectivity index (χ1n) is 4.07. The molecule has 3 heteroatoms. The summed E-state index contributed by atoms with van der Waals surface area (Å²) in [6.07, 6.45) is 3.60. The summed E-state index contributed by atoms with van der Waals surface area (Å²) < 4.78 is 1.94. The van der Waals surface area contributed by atoms with Gasteiger partial charge in [0.25, 0.3) is 0 Å². The molecule has 0 saturated carbocycles. The van der Waals surface area contributed by atoms with Crippen LogP contribution >= 0.6 is 0 Å². The van der Waals surface area contributed by atoms with Crippen molar-refractivity contribution in [3.63, 3.8) is 0 Å². The van der Waals surface area contributed by atoms with Gasteiger partial charge in [-0.15, -0.1) is 0 Å². The fraction of sp³-hybridized carbons (Fsp3) is 0.200. The Morgan fingerprint density at radius 3 is 2.92 bits per heavy atom. The Kier molecular flexibility index (Phi) is 1.56. The molecule has 0 aromatic carbocycles. The van der Waals surface area contributed by atoms with Gasteiger partial charge < -0.3 is 4.40 Å². The van der Waals surface area contributed by atoms with Gasteiger partial charge >= 0.3 is 0 Å². The average Bonchev–Trinajstić information content (AvgIpc) is 2.47. The maximum atomic E-state index is 8.78. The Labute approximate surface area is 76.3 Å². The minimum absolute atomic E-state index is 0.628. The van der Waals surface area contributed by atoms with E-state index in [4.69, 9.17) is 5.26 Å². The zero-order chi connectivity index (χ0) is 9.42. The van der Waals surface area contributed by atoms with Crippen molar-refractivity contribution < 1.29 is 0 Å². The van der Waals surface area contributed by atoms with Crippen molar-refractivity contribution in [3.8, 4) is 6.07 Å². The van der Waals surface area contributed by atoms with Gasteiger partial charge in [-0.3, -0.25) is 0 Å². The number of nitrogens with zero attached hydrogens (tertiary/aromatic N) is 3. The molecule has 2 heterocycles. The SMILES string of the molecule is Cc1cc2ncc(C#N)c(C)n2c1. The Morgan fingerprint density at radius 1 is 1.46 bits per heavy atom. The van der Waals surface area contributed by atoms with E-state index in [2.05, 4.69) is 11.1 Å².